The maximum atomic E-state index is 13.2. The van der Waals surface area contributed by atoms with Crippen LogP contribution in [0, 0.1) is 0 Å². The van der Waals surface area contributed by atoms with Gasteiger partial charge in [0.2, 0.25) is 5.91 Å². The summed E-state index contributed by atoms with van der Waals surface area (Å²) in [5, 5.41) is 120. The SMILES string of the molecule is CCC/C=C/CC/C=C/CC/C=C/C(O)C(COC1OC(CO)C(OC2OC(CO)C(OC3OC(CO)C(O)C(O)C3O)C(O)C2O)C(O)C1O)NC(=O)CCCCCCCCCCCCCCCCCC. The third-order valence-corrected chi connectivity index (χ3v) is 13.7. The predicted octanol–water partition coefficient (Wildman–Crippen LogP) is 2.98. The molecule has 0 aromatic carbocycles. The Hall–Kier alpha value is -1.99. The molecule has 0 bridgehead atoms. The van der Waals surface area contributed by atoms with Gasteiger partial charge in [-0.05, 0) is 38.5 Å². The highest BCUT2D eigenvalue weighted by atomic mass is 16.8. The molecular weight excluding hydrogens is 939 g/mol. The lowest BCUT2D eigenvalue weighted by molar-refractivity contribution is -0.379. The van der Waals surface area contributed by atoms with Gasteiger partial charge in [0.15, 0.2) is 18.9 Å². The number of amides is 1. The Kier molecular flexibility index (Phi) is 33.7. The standard InChI is InChI=1S/C53H95NO18/c1-3-5-7-9-11-13-15-16-17-18-19-21-23-25-27-29-31-41(59)54-36(37(58)30-28-26-24-22-20-14-12-10-8-6-4-2)35-67-51-47(65)44(62)49(39(33-56)69-51)72-53-48(66)45(63)50(40(34-57)70-53)71-52-46(64)43(61)42(60)38(32-55)68-52/h8,10,20,22,28,30,36-40,42-53,55-58,60-66H,3-7,9,11-19,21,23-27,29,31-35H2,1-2H3,(H,54,59)/b10-8+,22-20+,30-28+. The van der Waals surface area contributed by atoms with Crippen molar-refractivity contribution >= 4 is 5.91 Å². The zero-order valence-electron chi connectivity index (χ0n) is 43.1. The number of ether oxygens (including phenoxy) is 6. The molecule has 3 fully saturated rings. The molecule has 17 unspecified atom stereocenters. The van der Waals surface area contributed by atoms with E-state index in [4.69, 9.17) is 28.4 Å². The first-order valence-corrected chi connectivity index (χ1v) is 27.2. The molecule has 3 aliphatic heterocycles. The van der Waals surface area contributed by atoms with Crippen LogP contribution < -0.4 is 5.32 Å². The van der Waals surface area contributed by atoms with Crippen molar-refractivity contribution in [1.29, 1.82) is 0 Å². The van der Waals surface area contributed by atoms with E-state index in [1.54, 1.807) is 6.08 Å². The Morgan fingerprint density at radius 1 is 0.486 bits per heavy atom. The van der Waals surface area contributed by atoms with Crippen molar-refractivity contribution in [3.8, 4) is 0 Å². The van der Waals surface area contributed by atoms with Crippen LogP contribution in [0.4, 0.5) is 0 Å². The molecule has 420 valence electrons. The molecule has 0 aliphatic carbocycles. The van der Waals surface area contributed by atoms with Crippen LogP contribution in [-0.4, -0.2) is 193 Å². The van der Waals surface area contributed by atoms with Crippen LogP contribution in [0.1, 0.15) is 162 Å². The number of hydrogen-bond donors (Lipinski definition) is 12. The molecule has 12 N–H and O–H groups in total. The fraction of sp³-hybridized carbons (Fsp3) is 0.868. The highest BCUT2D eigenvalue weighted by Crippen LogP contribution is 2.33. The topological polar surface area (TPSA) is 307 Å². The third-order valence-electron chi connectivity index (χ3n) is 13.7. The summed E-state index contributed by atoms with van der Waals surface area (Å²) in [5.74, 6) is -0.292. The van der Waals surface area contributed by atoms with Gasteiger partial charge in [0.25, 0.3) is 0 Å². The molecule has 3 heterocycles. The Labute approximate surface area is 428 Å². The predicted molar refractivity (Wildman–Crippen MR) is 268 cm³/mol. The van der Waals surface area contributed by atoms with Crippen molar-refractivity contribution in [2.24, 2.45) is 0 Å². The number of carbonyl (C=O) groups is 1. The van der Waals surface area contributed by atoms with E-state index in [1.165, 1.54) is 77.0 Å². The van der Waals surface area contributed by atoms with Crippen LogP contribution in [0.15, 0.2) is 36.5 Å². The van der Waals surface area contributed by atoms with E-state index in [0.717, 1.165) is 51.4 Å². The van der Waals surface area contributed by atoms with Crippen molar-refractivity contribution in [2.45, 2.75) is 266 Å². The molecule has 0 saturated carbocycles. The molecule has 0 aromatic rings. The monoisotopic (exact) mass is 1030 g/mol. The van der Waals surface area contributed by atoms with Crippen LogP contribution in [0.25, 0.3) is 0 Å². The lowest BCUT2D eigenvalue weighted by atomic mass is 9.96. The largest absolute Gasteiger partial charge is 0.394 e. The van der Waals surface area contributed by atoms with E-state index in [9.17, 15) is 61.0 Å². The number of allylic oxidation sites excluding steroid dienone is 5. The maximum absolute atomic E-state index is 13.2. The minimum absolute atomic E-state index is 0.234. The summed E-state index contributed by atoms with van der Waals surface area (Å²) in [6.45, 7) is 1.59. The van der Waals surface area contributed by atoms with Gasteiger partial charge in [-0.25, -0.2) is 0 Å². The highest BCUT2D eigenvalue weighted by molar-refractivity contribution is 5.76. The molecule has 0 aromatic heterocycles. The number of rotatable bonds is 38. The lowest BCUT2D eigenvalue weighted by Crippen LogP contribution is -2.66. The Morgan fingerprint density at radius 3 is 1.36 bits per heavy atom. The van der Waals surface area contributed by atoms with Gasteiger partial charge in [-0.15, -0.1) is 0 Å². The molecule has 19 heteroatoms. The fourth-order valence-corrected chi connectivity index (χ4v) is 9.11. The summed E-state index contributed by atoms with van der Waals surface area (Å²) < 4.78 is 34.1. The summed E-state index contributed by atoms with van der Waals surface area (Å²) in [6.07, 6.45) is 10.1. The molecule has 17 atom stereocenters. The van der Waals surface area contributed by atoms with Gasteiger partial charge < -0.3 is 89.9 Å². The zero-order valence-corrected chi connectivity index (χ0v) is 43.1. The molecule has 0 spiro atoms. The molecular formula is C53H95NO18. The second-order valence-electron chi connectivity index (χ2n) is 19.7. The average molecular weight is 1030 g/mol. The van der Waals surface area contributed by atoms with Crippen LogP contribution >= 0.6 is 0 Å². The summed E-state index contributed by atoms with van der Waals surface area (Å²) in [7, 11) is 0. The van der Waals surface area contributed by atoms with Crippen LogP contribution in [0.3, 0.4) is 0 Å². The molecule has 3 aliphatic rings. The molecule has 72 heavy (non-hydrogen) atoms. The first-order valence-electron chi connectivity index (χ1n) is 27.2. The summed E-state index contributed by atoms with van der Waals surface area (Å²) in [6, 6.07) is -0.990. The van der Waals surface area contributed by atoms with E-state index < -0.39 is 124 Å². The summed E-state index contributed by atoms with van der Waals surface area (Å²) >= 11 is 0. The van der Waals surface area contributed by atoms with Crippen LogP contribution in [-0.2, 0) is 33.2 Å². The number of aliphatic hydroxyl groups is 11. The zero-order chi connectivity index (χ0) is 52.7. The Morgan fingerprint density at radius 2 is 0.889 bits per heavy atom. The van der Waals surface area contributed by atoms with E-state index in [-0.39, 0.29) is 18.9 Å². The van der Waals surface area contributed by atoms with Crippen molar-refractivity contribution in [3.63, 3.8) is 0 Å². The normalized spacial score (nSPS) is 32.3. The van der Waals surface area contributed by atoms with Gasteiger partial charge >= 0.3 is 0 Å². The lowest BCUT2D eigenvalue weighted by Gasteiger charge is -2.48. The van der Waals surface area contributed by atoms with Crippen molar-refractivity contribution < 1.29 is 89.4 Å². The van der Waals surface area contributed by atoms with Crippen molar-refractivity contribution in [1.82, 2.24) is 5.32 Å². The van der Waals surface area contributed by atoms with Crippen molar-refractivity contribution in [2.75, 3.05) is 26.4 Å². The number of nitrogens with one attached hydrogen (secondary N) is 1. The minimum Gasteiger partial charge on any atom is -0.394 e. The fourth-order valence-electron chi connectivity index (χ4n) is 9.11. The van der Waals surface area contributed by atoms with Gasteiger partial charge in [0, 0.05) is 6.42 Å². The Balaban J connectivity index is 1.54. The molecule has 0 radical (unpaired) electrons. The van der Waals surface area contributed by atoms with Crippen LogP contribution in [0.2, 0.25) is 0 Å². The second-order valence-corrected chi connectivity index (χ2v) is 19.7. The molecule has 19 nitrogen and oxygen atoms in total. The summed E-state index contributed by atoms with van der Waals surface area (Å²) in [5.41, 5.74) is 0. The Bertz CT molecular complexity index is 1470. The molecule has 1 amide bonds. The van der Waals surface area contributed by atoms with Gasteiger partial charge in [0.1, 0.15) is 73.2 Å². The number of carbonyl (C=O) groups excluding carboxylic acids is 1. The highest BCUT2D eigenvalue weighted by Gasteiger charge is 2.53. The quantitative estimate of drug-likeness (QED) is 0.0313. The van der Waals surface area contributed by atoms with Gasteiger partial charge in [-0.3, -0.25) is 4.79 Å². The number of aliphatic hydroxyl groups excluding tert-OH is 11. The maximum Gasteiger partial charge on any atom is 0.220 e. The number of unbranched alkanes of at least 4 members (excludes halogenated alkanes) is 18. The van der Waals surface area contributed by atoms with Gasteiger partial charge in [-0.1, -0.05) is 153 Å². The van der Waals surface area contributed by atoms with Gasteiger partial charge in [0.05, 0.1) is 38.6 Å². The summed E-state index contributed by atoms with van der Waals surface area (Å²) in [4.78, 5) is 13.2. The second kappa shape index (κ2) is 37.7. The molecule has 3 saturated heterocycles. The number of hydrogen-bond acceptors (Lipinski definition) is 18. The smallest absolute Gasteiger partial charge is 0.220 e. The first kappa shape index (κ1) is 64.3. The van der Waals surface area contributed by atoms with E-state index >= 15 is 0 Å². The first-order chi connectivity index (χ1) is 34.8. The third kappa shape index (κ3) is 22.7. The van der Waals surface area contributed by atoms with E-state index in [1.807, 2.05) is 6.08 Å². The van der Waals surface area contributed by atoms with Crippen LogP contribution in [0.5, 0.6) is 0 Å². The van der Waals surface area contributed by atoms with E-state index in [0.29, 0.717) is 12.8 Å². The minimum atomic E-state index is -1.98. The molecule has 3 rings (SSSR count). The van der Waals surface area contributed by atoms with Gasteiger partial charge in [-0.2, -0.15) is 0 Å². The van der Waals surface area contributed by atoms with Crippen molar-refractivity contribution in [3.05, 3.63) is 36.5 Å². The van der Waals surface area contributed by atoms with E-state index in [2.05, 4.69) is 43.5 Å². The average Bonchev–Trinajstić information content (AvgIpc) is 3.37.